The molecule has 5 heteroatoms. The Morgan fingerprint density at radius 3 is 1.85 bits per heavy atom. The van der Waals surface area contributed by atoms with Crippen molar-refractivity contribution in [3.63, 3.8) is 0 Å². The van der Waals surface area contributed by atoms with E-state index in [4.69, 9.17) is 4.55 Å². The van der Waals surface area contributed by atoms with Crippen LogP contribution >= 0.6 is 0 Å². The highest BCUT2D eigenvalue weighted by Gasteiger charge is 2.11. The molecule has 0 radical (unpaired) electrons. The number of allylic oxidation sites excluding steroid dienone is 1. The first-order valence-electron chi connectivity index (χ1n) is 10.8. The van der Waals surface area contributed by atoms with Crippen LogP contribution in [0, 0.1) is 5.92 Å². The van der Waals surface area contributed by atoms with Crippen LogP contribution in [0.15, 0.2) is 12.2 Å². The maximum absolute atomic E-state index is 10.8. The Hall–Kier alpha value is -0.390. The molecule has 26 heavy (non-hydrogen) atoms. The van der Waals surface area contributed by atoms with E-state index in [9.17, 15) is 8.42 Å². The second-order valence-electron chi connectivity index (χ2n) is 7.37. The molecule has 156 valence electrons. The number of unbranched alkanes of at least 4 members (excludes halogenated alkanes) is 12. The largest absolute Gasteiger partial charge is 0.397 e. The zero-order valence-electron chi connectivity index (χ0n) is 17.1. The Bertz CT molecular complexity index is 418. The van der Waals surface area contributed by atoms with E-state index in [-0.39, 0.29) is 12.5 Å². The molecule has 0 fully saturated rings. The Morgan fingerprint density at radius 1 is 0.808 bits per heavy atom. The Labute approximate surface area is 162 Å². The summed E-state index contributed by atoms with van der Waals surface area (Å²) in [4.78, 5) is 0. The van der Waals surface area contributed by atoms with Crippen LogP contribution < -0.4 is 0 Å². The van der Waals surface area contributed by atoms with E-state index in [1.807, 2.05) is 0 Å². The lowest BCUT2D eigenvalue weighted by molar-refractivity contribution is 0.234. The third kappa shape index (κ3) is 19.9. The van der Waals surface area contributed by atoms with Crippen LogP contribution in [0.3, 0.4) is 0 Å². The maximum atomic E-state index is 10.8. The van der Waals surface area contributed by atoms with Gasteiger partial charge >= 0.3 is 10.4 Å². The van der Waals surface area contributed by atoms with Gasteiger partial charge in [0.2, 0.25) is 0 Å². The second kappa shape index (κ2) is 18.0. The van der Waals surface area contributed by atoms with Gasteiger partial charge in [0.1, 0.15) is 0 Å². The molecule has 0 heterocycles. The summed E-state index contributed by atoms with van der Waals surface area (Å²) in [5.74, 6) is 0.0626. The maximum Gasteiger partial charge on any atom is 0.397 e. The lowest BCUT2D eigenvalue weighted by Crippen LogP contribution is -2.12. The fraction of sp³-hybridized carbons (Fsp3) is 0.905. The normalized spacial score (nSPS) is 13.5. The molecule has 0 aliphatic rings. The van der Waals surface area contributed by atoms with Gasteiger partial charge in [-0.05, 0) is 19.3 Å². The SMILES string of the molecule is CCCCCCCCCC/C=C/C(CCCCCCC)COS(=O)(=O)O. The predicted octanol–water partition coefficient (Wildman–Crippen LogP) is 6.87. The van der Waals surface area contributed by atoms with E-state index in [2.05, 4.69) is 30.2 Å². The molecule has 0 spiro atoms. The number of rotatable bonds is 19. The highest BCUT2D eigenvalue weighted by molar-refractivity contribution is 7.80. The topological polar surface area (TPSA) is 63.6 Å². The fourth-order valence-electron chi connectivity index (χ4n) is 3.10. The molecule has 1 atom stereocenters. The van der Waals surface area contributed by atoms with Crippen molar-refractivity contribution in [1.82, 2.24) is 0 Å². The molecule has 1 N–H and O–H groups in total. The Kier molecular flexibility index (Phi) is 17.7. The summed E-state index contributed by atoms with van der Waals surface area (Å²) < 4.78 is 35.0. The van der Waals surface area contributed by atoms with E-state index in [0.29, 0.717) is 0 Å². The van der Waals surface area contributed by atoms with Crippen molar-refractivity contribution in [2.75, 3.05) is 6.61 Å². The van der Waals surface area contributed by atoms with Crippen LogP contribution in [0.2, 0.25) is 0 Å². The summed E-state index contributed by atoms with van der Waals surface area (Å²) in [6, 6.07) is 0. The highest BCUT2D eigenvalue weighted by Crippen LogP contribution is 2.16. The van der Waals surface area contributed by atoms with Gasteiger partial charge in [-0.3, -0.25) is 4.55 Å². The van der Waals surface area contributed by atoms with Crippen LogP contribution in [0.1, 0.15) is 110 Å². The standard InChI is InChI=1S/C21H42O4S/c1-3-5-7-9-10-11-12-13-15-17-19-21(20-25-26(22,23)24)18-16-14-8-6-4-2/h17,19,21H,3-16,18,20H2,1-2H3,(H,22,23,24)/b19-17+. The summed E-state index contributed by atoms with van der Waals surface area (Å²) in [5.41, 5.74) is 0. The highest BCUT2D eigenvalue weighted by atomic mass is 32.3. The van der Waals surface area contributed by atoms with E-state index in [1.165, 1.54) is 77.0 Å². The number of hydrogen-bond acceptors (Lipinski definition) is 3. The Balaban J connectivity index is 3.93. The quantitative estimate of drug-likeness (QED) is 0.148. The van der Waals surface area contributed by atoms with Crippen molar-refractivity contribution in [3.8, 4) is 0 Å². The Morgan fingerprint density at radius 2 is 1.31 bits per heavy atom. The van der Waals surface area contributed by atoms with E-state index in [0.717, 1.165) is 19.3 Å². The van der Waals surface area contributed by atoms with Gasteiger partial charge in [-0.15, -0.1) is 0 Å². The minimum atomic E-state index is -4.34. The van der Waals surface area contributed by atoms with E-state index >= 15 is 0 Å². The zero-order valence-corrected chi connectivity index (χ0v) is 17.9. The van der Waals surface area contributed by atoms with Gasteiger partial charge in [0.05, 0.1) is 6.61 Å². The van der Waals surface area contributed by atoms with Gasteiger partial charge in [0.15, 0.2) is 0 Å². The molecule has 0 bridgehead atoms. The average molecular weight is 391 g/mol. The predicted molar refractivity (Wildman–Crippen MR) is 111 cm³/mol. The molecule has 4 nitrogen and oxygen atoms in total. The molecule has 0 aliphatic heterocycles. The van der Waals surface area contributed by atoms with Crippen molar-refractivity contribution in [2.24, 2.45) is 5.92 Å². The van der Waals surface area contributed by atoms with Crippen LogP contribution in [0.4, 0.5) is 0 Å². The van der Waals surface area contributed by atoms with Gasteiger partial charge in [-0.2, -0.15) is 8.42 Å². The molecule has 0 aromatic carbocycles. The smallest absolute Gasteiger partial charge is 0.264 e. The lowest BCUT2D eigenvalue weighted by Gasteiger charge is -2.12. The van der Waals surface area contributed by atoms with Crippen molar-refractivity contribution < 1.29 is 17.2 Å². The third-order valence-electron chi connectivity index (χ3n) is 4.74. The number of hydrogen-bond donors (Lipinski definition) is 1. The van der Waals surface area contributed by atoms with Crippen molar-refractivity contribution >= 4 is 10.4 Å². The van der Waals surface area contributed by atoms with Gasteiger partial charge < -0.3 is 0 Å². The van der Waals surface area contributed by atoms with Gasteiger partial charge in [-0.1, -0.05) is 103 Å². The summed E-state index contributed by atoms with van der Waals surface area (Å²) in [5, 5.41) is 0. The van der Waals surface area contributed by atoms with Gasteiger partial charge in [-0.25, -0.2) is 4.18 Å². The first-order chi connectivity index (χ1) is 12.5. The first-order valence-corrected chi connectivity index (χ1v) is 12.1. The monoisotopic (exact) mass is 390 g/mol. The van der Waals surface area contributed by atoms with E-state index < -0.39 is 10.4 Å². The van der Waals surface area contributed by atoms with Crippen LogP contribution in [0.5, 0.6) is 0 Å². The summed E-state index contributed by atoms with van der Waals surface area (Å²) in [6.07, 6.45) is 22.6. The lowest BCUT2D eigenvalue weighted by atomic mass is 10.00. The molecule has 0 saturated heterocycles. The summed E-state index contributed by atoms with van der Waals surface area (Å²) >= 11 is 0. The van der Waals surface area contributed by atoms with Gasteiger partial charge in [0, 0.05) is 5.92 Å². The summed E-state index contributed by atoms with van der Waals surface area (Å²) in [6.45, 7) is 4.48. The zero-order chi connectivity index (χ0) is 19.5. The molecule has 0 aromatic heterocycles. The third-order valence-corrected chi connectivity index (χ3v) is 5.18. The van der Waals surface area contributed by atoms with Crippen molar-refractivity contribution in [1.29, 1.82) is 0 Å². The molecular weight excluding hydrogens is 348 g/mol. The minimum absolute atomic E-state index is 0.0422. The molecule has 0 aromatic rings. The molecule has 1 unspecified atom stereocenters. The minimum Gasteiger partial charge on any atom is -0.264 e. The molecule has 0 saturated carbocycles. The molecule has 0 aliphatic carbocycles. The van der Waals surface area contributed by atoms with Crippen LogP contribution in [0.25, 0.3) is 0 Å². The van der Waals surface area contributed by atoms with Crippen molar-refractivity contribution in [2.45, 2.75) is 110 Å². The van der Waals surface area contributed by atoms with Crippen molar-refractivity contribution in [3.05, 3.63) is 12.2 Å². The van der Waals surface area contributed by atoms with E-state index in [1.54, 1.807) is 0 Å². The average Bonchev–Trinajstić information content (AvgIpc) is 2.59. The van der Waals surface area contributed by atoms with Gasteiger partial charge in [0.25, 0.3) is 0 Å². The fourth-order valence-corrected chi connectivity index (χ4v) is 3.45. The molecule has 0 amide bonds. The first kappa shape index (κ1) is 25.6. The summed E-state index contributed by atoms with van der Waals surface area (Å²) in [7, 11) is -4.34. The van der Waals surface area contributed by atoms with Crippen LogP contribution in [-0.2, 0) is 14.6 Å². The van der Waals surface area contributed by atoms with Crippen LogP contribution in [-0.4, -0.2) is 19.6 Å². The second-order valence-corrected chi connectivity index (χ2v) is 8.46. The molecule has 0 rings (SSSR count). The molecular formula is C21H42O4S.